The number of hydrogen-bond acceptors (Lipinski definition) is 3. The summed E-state index contributed by atoms with van der Waals surface area (Å²) in [4.78, 5) is 4.37. The minimum atomic E-state index is -0.620. The molecule has 0 aliphatic carbocycles. The van der Waals surface area contributed by atoms with Crippen LogP contribution >= 0.6 is 0 Å². The zero-order valence-corrected chi connectivity index (χ0v) is 11.6. The lowest BCUT2D eigenvalue weighted by Crippen LogP contribution is -2.54. The molecule has 3 nitrogen and oxygen atoms in total. The third-order valence-corrected chi connectivity index (χ3v) is 3.45. The molecule has 1 atom stereocenters. The van der Waals surface area contributed by atoms with Gasteiger partial charge in [-0.1, -0.05) is 30.3 Å². The van der Waals surface area contributed by atoms with Crippen molar-refractivity contribution in [1.82, 2.24) is 9.80 Å². The number of hydrogen-bond donors (Lipinski definition) is 1. The Bertz CT molecular complexity index is 369. The fourth-order valence-electron chi connectivity index (χ4n) is 2.85. The van der Waals surface area contributed by atoms with Crippen LogP contribution in [0.4, 0.5) is 0 Å². The van der Waals surface area contributed by atoms with Crippen molar-refractivity contribution in [2.24, 2.45) is 0 Å². The van der Waals surface area contributed by atoms with Crippen LogP contribution in [0.2, 0.25) is 0 Å². The Hall–Kier alpha value is -0.900. The number of likely N-dealkylation sites (N-methyl/N-ethyl adjacent to an activating group) is 1. The van der Waals surface area contributed by atoms with Gasteiger partial charge < -0.3 is 10.0 Å². The van der Waals surface area contributed by atoms with E-state index in [0.717, 1.165) is 19.6 Å². The van der Waals surface area contributed by atoms with Gasteiger partial charge in [-0.15, -0.1) is 0 Å². The zero-order chi connectivity index (χ0) is 13.2. The van der Waals surface area contributed by atoms with Crippen molar-refractivity contribution in [2.45, 2.75) is 18.4 Å². The predicted octanol–water partition coefficient (Wildman–Crippen LogP) is 1.40. The van der Waals surface area contributed by atoms with Gasteiger partial charge in [0.05, 0.1) is 5.60 Å². The van der Waals surface area contributed by atoms with Gasteiger partial charge in [0, 0.05) is 32.1 Å². The summed E-state index contributed by atoms with van der Waals surface area (Å²) in [5, 5.41) is 10.3. The molecule has 1 aliphatic rings. The third kappa shape index (κ3) is 3.55. The molecule has 0 aromatic heterocycles. The van der Waals surface area contributed by atoms with Gasteiger partial charge in [-0.2, -0.15) is 0 Å². The molecule has 0 radical (unpaired) electrons. The topological polar surface area (TPSA) is 26.7 Å². The fraction of sp³-hybridized carbons (Fsp3) is 0.600. The van der Waals surface area contributed by atoms with Crippen molar-refractivity contribution in [3.8, 4) is 0 Å². The lowest BCUT2D eigenvalue weighted by Gasteiger charge is -2.43. The average Bonchev–Trinajstić information content (AvgIpc) is 2.22. The Balaban J connectivity index is 1.80. The van der Waals surface area contributed by atoms with Crippen molar-refractivity contribution < 1.29 is 5.11 Å². The molecule has 0 spiro atoms. The molecule has 18 heavy (non-hydrogen) atoms. The maximum Gasteiger partial charge on any atom is 0.0871 e. The quantitative estimate of drug-likeness (QED) is 0.853. The van der Waals surface area contributed by atoms with Crippen molar-refractivity contribution in [3.63, 3.8) is 0 Å². The summed E-state index contributed by atoms with van der Waals surface area (Å²) in [5.41, 5.74) is 0.798. The molecule has 1 saturated heterocycles. The Morgan fingerprint density at radius 2 is 1.89 bits per heavy atom. The van der Waals surface area contributed by atoms with Gasteiger partial charge in [0.15, 0.2) is 0 Å². The highest BCUT2D eigenvalue weighted by Crippen LogP contribution is 2.27. The highest BCUT2D eigenvalue weighted by molar-refractivity contribution is 5.22. The molecule has 1 N–H and O–H groups in total. The van der Waals surface area contributed by atoms with E-state index in [2.05, 4.69) is 35.2 Å². The molecule has 1 aromatic rings. The average molecular weight is 248 g/mol. The second kappa shape index (κ2) is 5.39. The summed E-state index contributed by atoms with van der Waals surface area (Å²) < 4.78 is 0. The molecule has 0 amide bonds. The van der Waals surface area contributed by atoms with Crippen molar-refractivity contribution in [1.29, 1.82) is 0 Å². The van der Waals surface area contributed by atoms with Gasteiger partial charge in [-0.25, -0.2) is 0 Å². The van der Waals surface area contributed by atoms with Gasteiger partial charge in [0.1, 0.15) is 0 Å². The molecule has 3 heteroatoms. The molecular weight excluding hydrogens is 224 g/mol. The summed E-state index contributed by atoms with van der Waals surface area (Å²) in [6.07, 6.45) is 0. The molecule has 2 rings (SSSR count). The van der Waals surface area contributed by atoms with E-state index in [4.69, 9.17) is 0 Å². The first kappa shape index (κ1) is 13.5. The first-order chi connectivity index (χ1) is 8.46. The molecule has 1 fully saturated rings. The van der Waals surface area contributed by atoms with E-state index in [1.165, 1.54) is 5.56 Å². The van der Waals surface area contributed by atoms with Crippen molar-refractivity contribution in [3.05, 3.63) is 35.9 Å². The Morgan fingerprint density at radius 3 is 2.44 bits per heavy atom. The minimum Gasteiger partial charge on any atom is -0.388 e. The summed E-state index contributed by atoms with van der Waals surface area (Å²) in [5.74, 6) is 0.640. The van der Waals surface area contributed by atoms with E-state index >= 15 is 0 Å². The van der Waals surface area contributed by atoms with Crippen LogP contribution in [0.3, 0.4) is 0 Å². The zero-order valence-electron chi connectivity index (χ0n) is 11.6. The van der Waals surface area contributed by atoms with Crippen LogP contribution in [0, 0.1) is 0 Å². The third-order valence-electron chi connectivity index (χ3n) is 3.45. The molecule has 0 saturated carbocycles. The normalized spacial score (nSPS) is 20.7. The second-order valence-electron chi connectivity index (χ2n) is 6.04. The van der Waals surface area contributed by atoms with E-state index < -0.39 is 5.60 Å². The Kier molecular flexibility index (Phi) is 4.05. The van der Waals surface area contributed by atoms with E-state index in [1.54, 1.807) is 0 Å². The number of likely N-dealkylation sites (tertiary alicyclic amines) is 1. The predicted molar refractivity (Wildman–Crippen MR) is 74.8 cm³/mol. The van der Waals surface area contributed by atoms with Crippen LogP contribution in [-0.4, -0.2) is 60.8 Å². The van der Waals surface area contributed by atoms with Crippen LogP contribution in [0.1, 0.15) is 18.4 Å². The summed E-state index contributed by atoms with van der Waals surface area (Å²) in [7, 11) is 3.99. The molecular formula is C15H24N2O. The largest absolute Gasteiger partial charge is 0.388 e. The van der Waals surface area contributed by atoms with Crippen LogP contribution in [0.25, 0.3) is 0 Å². The SMILES string of the molecule is CN(C)CC(C)(O)CN1CC(c2ccccc2)C1. The lowest BCUT2D eigenvalue weighted by atomic mass is 9.90. The first-order valence-corrected chi connectivity index (χ1v) is 6.61. The Labute approximate surface area is 110 Å². The Morgan fingerprint density at radius 1 is 1.28 bits per heavy atom. The minimum absolute atomic E-state index is 0.620. The van der Waals surface area contributed by atoms with E-state index in [0.29, 0.717) is 12.5 Å². The highest BCUT2D eigenvalue weighted by Gasteiger charge is 2.33. The molecule has 1 unspecified atom stereocenters. The van der Waals surface area contributed by atoms with Crippen molar-refractivity contribution >= 4 is 0 Å². The maximum absolute atomic E-state index is 10.3. The number of nitrogens with zero attached hydrogens (tertiary/aromatic N) is 2. The fourth-order valence-corrected chi connectivity index (χ4v) is 2.85. The monoisotopic (exact) mass is 248 g/mol. The van der Waals surface area contributed by atoms with Crippen molar-refractivity contribution in [2.75, 3.05) is 40.3 Å². The van der Waals surface area contributed by atoms with E-state index in [9.17, 15) is 5.11 Å². The summed E-state index contributed by atoms with van der Waals surface area (Å²) >= 11 is 0. The summed E-state index contributed by atoms with van der Waals surface area (Å²) in [6.45, 7) is 5.51. The summed E-state index contributed by atoms with van der Waals surface area (Å²) in [6, 6.07) is 10.6. The van der Waals surface area contributed by atoms with Gasteiger partial charge in [-0.3, -0.25) is 4.90 Å². The van der Waals surface area contributed by atoms with Gasteiger partial charge in [-0.05, 0) is 26.6 Å². The molecule has 1 aliphatic heterocycles. The molecule has 1 aromatic carbocycles. The smallest absolute Gasteiger partial charge is 0.0871 e. The van der Waals surface area contributed by atoms with E-state index in [-0.39, 0.29) is 0 Å². The molecule has 1 heterocycles. The maximum atomic E-state index is 10.3. The number of β-amino-alcohol motifs (C(OH)–C–C–N with tert-alkyl or cyclic N) is 1. The van der Waals surface area contributed by atoms with Crippen LogP contribution < -0.4 is 0 Å². The number of aliphatic hydroxyl groups is 1. The second-order valence-corrected chi connectivity index (χ2v) is 6.04. The van der Waals surface area contributed by atoms with Crippen LogP contribution in [-0.2, 0) is 0 Å². The van der Waals surface area contributed by atoms with Crippen LogP contribution in [0.15, 0.2) is 30.3 Å². The lowest BCUT2D eigenvalue weighted by molar-refractivity contribution is -0.0212. The number of rotatable bonds is 5. The number of benzene rings is 1. The molecule has 0 bridgehead atoms. The van der Waals surface area contributed by atoms with E-state index in [1.807, 2.05) is 25.9 Å². The van der Waals surface area contributed by atoms with Gasteiger partial charge in [0.2, 0.25) is 0 Å². The van der Waals surface area contributed by atoms with Crippen LogP contribution in [0.5, 0.6) is 0 Å². The standard InChI is InChI=1S/C15H24N2O/c1-15(18,11-16(2)3)12-17-9-14(10-17)13-7-5-4-6-8-13/h4-8,14,18H,9-12H2,1-3H3. The first-order valence-electron chi connectivity index (χ1n) is 6.61. The molecule has 100 valence electrons. The van der Waals surface area contributed by atoms with Gasteiger partial charge in [0.25, 0.3) is 0 Å². The highest BCUT2D eigenvalue weighted by atomic mass is 16.3. The van der Waals surface area contributed by atoms with Gasteiger partial charge >= 0.3 is 0 Å².